The largest absolute Gasteiger partial charge is 0.473 e. The van der Waals surface area contributed by atoms with Gasteiger partial charge in [-0.3, -0.25) is 30.1 Å². The molecule has 6 N–H and O–H groups in total. The van der Waals surface area contributed by atoms with E-state index in [4.69, 9.17) is 0 Å². The summed E-state index contributed by atoms with van der Waals surface area (Å²) in [5, 5.41) is 43.9. The molecule has 0 fully saturated rings. The molecular weight excluding hydrogens is 1130 g/mol. The highest BCUT2D eigenvalue weighted by molar-refractivity contribution is 7.07. The summed E-state index contributed by atoms with van der Waals surface area (Å²) in [6.07, 6.45) is 57.7. The lowest BCUT2D eigenvalue weighted by atomic mass is 10.3. The maximum absolute atomic E-state index is 4.58. The fourth-order valence-corrected chi connectivity index (χ4v) is 4.53. The summed E-state index contributed by atoms with van der Waals surface area (Å²) in [5.74, 6) is 0. The lowest BCUT2D eigenvalue weighted by Crippen LogP contribution is -2.01. The van der Waals surface area contributed by atoms with Crippen molar-refractivity contribution in [2.45, 2.75) is 0 Å². The zero-order valence-corrected chi connectivity index (χ0v) is 47.6. The number of nitrogens with zero attached hydrogens (tertiary/aromatic N) is 17. The number of thiophene rings is 1. The highest BCUT2D eigenvalue weighted by Crippen LogP contribution is 1.93. The van der Waals surface area contributed by atoms with Gasteiger partial charge in [-0.15, -0.1) is 21.5 Å². The molecule has 442 valence electrons. The van der Waals surface area contributed by atoms with E-state index in [-0.39, 0.29) is 0 Å². The Morgan fingerprint density at radius 2 is 0.884 bits per heavy atom. The second-order valence-electron chi connectivity index (χ2n) is 13.2. The Kier molecular flexibility index (Phi) is 55.7. The summed E-state index contributed by atoms with van der Waals surface area (Å²) < 4.78 is 18.0. The zero-order valence-electron chi connectivity index (χ0n) is 46.0. The number of aromatic nitrogens is 22. The average Bonchev–Trinajstić information content (AvgIpc) is 4.44. The minimum Gasteiger partial charge on any atom is -0.473 e. The van der Waals surface area contributed by atoms with E-state index in [0.717, 1.165) is 5.70 Å². The van der Waals surface area contributed by atoms with Gasteiger partial charge in [-0.1, -0.05) is 30.9 Å². The summed E-state index contributed by atoms with van der Waals surface area (Å²) in [4.78, 5) is 38.7. The Hall–Kier alpha value is -12.4. The van der Waals surface area contributed by atoms with Crippen LogP contribution in [0.3, 0.4) is 0 Å². The van der Waals surface area contributed by atoms with E-state index in [0.29, 0.717) is 0 Å². The SMILES string of the molecule is C=C1C=CC=CN1.c1cc[nH]c1.c1cc[nH]c1.c1ccncc1.c1ccnnc1.c1ccoc1.c1ccoc1.c1ccsc1.c1cn[nH]n1.c1cnccn1.c1cncnc1.c1cocn1.c1cscn1.c1nc[nH]n1.c1nc[nH]n1.c1nnco1. The van der Waals surface area contributed by atoms with Gasteiger partial charge in [0.15, 0.2) is 6.39 Å². The molecule has 0 atom stereocenters. The molecule has 1 aliphatic heterocycles. The Labute approximate surface area is 503 Å². The lowest BCUT2D eigenvalue weighted by Gasteiger charge is -1.99. The maximum atomic E-state index is 4.58. The molecule has 86 heavy (non-hydrogen) atoms. The number of oxazole rings is 1. The predicted molar refractivity (Wildman–Crippen MR) is 326 cm³/mol. The number of dihydropyridines is 1. The fraction of sp³-hybridized carbons (Fsp3) is 0. The van der Waals surface area contributed by atoms with Crippen molar-refractivity contribution in [2.24, 2.45) is 0 Å². The van der Waals surface area contributed by atoms with Gasteiger partial charge in [0, 0.05) is 110 Å². The first kappa shape index (κ1) is 71.6. The molecule has 0 aliphatic carbocycles. The van der Waals surface area contributed by atoms with E-state index in [1.165, 1.54) is 57.1 Å². The molecule has 0 radical (unpaired) electrons. The molecule has 0 spiro atoms. The lowest BCUT2D eigenvalue weighted by molar-refractivity contribution is 0.553. The third kappa shape index (κ3) is 64.2. The van der Waals surface area contributed by atoms with Crippen molar-refractivity contribution in [1.82, 2.24) is 116 Å². The first-order chi connectivity index (χ1) is 42.9. The van der Waals surface area contributed by atoms with Gasteiger partial charge in [-0.2, -0.15) is 47.1 Å². The van der Waals surface area contributed by atoms with Crippen LogP contribution in [0.2, 0.25) is 0 Å². The molecule has 15 aromatic heterocycles. The quantitative estimate of drug-likeness (QED) is 0.0821. The number of aromatic amines is 5. The number of hydrogen-bond donors (Lipinski definition) is 6. The van der Waals surface area contributed by atoms with Crippen LogP contribution >= 0.6 is 22.7 Å². The van der Waals surface area contributed by atoms with Crippen LogP contribution in [0, 0.1) is 0 Å². The predicted octanol–water partition coefficient (Wildman–Crippen LogP) is 11.3. The van der Waals surface area contributed by atoms with Crippen LogP contribution in [0.5, 0.6) is 0 Å². The van der Waals surface area contributed by atoms with E-state index in [1.807, 2.05) is 156 Å². The Balaban J connectivity index is 0.000000459. The first-order valence-electron chi connectivity index (χ1n) is 24.4. The molecule has 16 rings (SSSR count). The minimum atomic E-state index is 0.947. The molecule has 0 saturated carbocycles. The average molecular weight is 1200 g/mol. The molecule has 16 heterocycles. The van der Waals surface area contributed by atoms with Gasteiger partial charge in [-0.25, -0.2) is 24.9 Å². The molecule has 15 aromatic rings. The van der Waals surface area contributed by atoms with Crippen molar-refractivity contribution in [3.05, 3.63) is 349 Å². The van der Waals surface area contributed by atoms with Crippen LogP contribution in [0.25, 0.3) is 0 Å². The standard InChI is InChI=1S/C6H7N.C5H5N.3C4H4N2.2C4H5N.2C4H4O.C4H4S.C3H3NO.C3H3NS.3C2H3N3.C2H2N2O/c1-6-4-2-3-5-7-6;1-2-4-6-5-3-1;1-2-6-4-3-5-1;1-2-5-4-6-3-1;1-2-4-6-5-3-1;5*1-2-4-5-3-1;2*1-2-5-3-4-1;2*1-3-2-5-4-1;1-2-4-5-3-1;1-3-4-2-5-1/h2-5,7H,1H2;1-5H;3*1-4H;2*1-5H;3*1-4H;2*1-3H;3*1-2H,(H,3,4,5);1-2H. The monoisotopic (exact) mass is 1200 g/mol. The van der Waals surface area contributed by atoms with Crippen LogP contribution in [-0.4, -0.2) is 111 Å². The number of hydrogen-bond acceptors (Lipinski definition) is 24. The van der Waals surface area contributed by atoms with E-state index < -0.39 is 0 Å². The Morgan fingerprint density at radius 3 is 1.05 bits per heavy atom. The second kappa shape index (κ2) is 66.9. The third-order valence-electron chi connectivity index (χ3n) is 7.02. The Bertz CT molecular complexity index is 2310. The van der Waals surface area contributed by atoms with Crippen molar-refractivity contribution in [3.63, 3.8) is 0 Å². The number of allylic oxidation sites excluding steroid dienone is 3. The molecular formula is C57H63N23O4S2. The van der Waals surface area contributed by atoms with Crippen molar-refractivity contribution < 1.29 is 17.7 Å². The summed E-state index contributed by atoms with van der Waals surface area (Å²) in [6.45, 7) is 3.66. The van der Waals surface area contributed by atoms with E-state index in [9.17, 15) is 0 Å². The third-order valence-corrected chi connectivity index (χ3v) is 8.17. The van der Waals surface area contributed by atoms with Gasteiger partial charge in [0.25, 0.3) is 0 Å². The van der Waals surface area contributed by atoms with Crippen molar-refractivity contribution in [3.8, 4) is 0 Å². The topological polar surface area (TPSA) is 363 Å². The van der Waals surface area contributed by atoms with Crippen molar-refractivity contribution in [1.29, 1.82) is 0 Å². The fourth-order valence-electron chi connectivity index (χ4n) is 3.73. The number of nitrogens with one attached hydrogen (secondary N) is 6. The van der Waals surface area contributed by atoms with Crippen LogP contribution in [-0.2, 0) is 0 Å². The van der Waals surface area contributed by atoms with E-state index >= 15 is 0 Å². The summed E-state index contributed by atoms with van der Waals surface area (Å²) in [5.41, 5.74) is 2.74. The molecule has 27 nitrogen and oxygen atoms in total. The highest BCUT2D eigenvalue weighted by atomic mass is 32.1. The van der Waals surface area contributed by atoms with E-state index in [2.05, 4.69) is 141 Å². The summed E-state index contributed by atoms with van der Waals surface area (Å²) >= 11 is 3.31. The molecule has 0 bridgehead atoms. The Morgan fingerprint density at radius 1 is 0.349 bits per heavy atom. The molecule has 0 unspecified atom stereocenters. The number of rotatable bonds is 0. The molecule has 1 aliphatic rings. The van der Waals surface area contributed by atoms with Crippen LogP contribution in [0.1, 0.15) is 0 Å². The minimum absolute atomic E-state index is 0.947. The van der Waals surface area contributed by atoms with Gasteiger partial charge in [0.1, 0.15) is 37.9 Å². The molecule has 0 amide bonds. The van der Waals surface area contributed by atoms with Crippen molar-refractivity contribution >= 4 is 22.7 Å². The van der Waals surface area contributed by atoms with Gasteiger partial charge in [-0.05, 0) is 102 Å². The van der Waals surface area contributed by atoms with Gasteiger partial charge < -0.3 is 33.0 Å². The van der Waals surface area contributed by atoms with Gasteiger partial charge in [0.2, 0.25) is 12.8 Å². The molecule has 0 aromatic carbocycles. The smallest absolute Gasteiger partial charge is 0.203 e. The second-order valence-corrected chi connectivity index (χ2v) is 14.7. The van der Waals surface area contributed by atoms with Gasteiger partial charge >= 0.3 is 0 Å². The van der Waals surface area contributed by atoms with Crippen LogP contribution < -0.4 is 5.32 Å². The summed E-state index contributed by atoms with van der Waals surface area (Å²) in [7, 11) is 0. The number of pyridine rings is 1. The van der Waals surface area contributed by atoms with Crippen LogP contribution in [0.4, 0.5) is 0 Å². The number of H-pyrrole nitrogens is 5. The van der Waals surface area contributed by atoms with E-state index in [1.54, 1.807) is 146 Å². The highest BCUT2D eigenvalue weighted by Gasteiger charge is 1.82. The summed E-state index contributed by atoms with van der Waals surface area (Å²) in [6, 6.07) is 30.3. The number of thiazole rings is 1. The molecule has 29 heteroatoms. The van der Waals surface area contributed by atoms with Crippen molar-refractivity contribution in [2.75, 3.05) is 0 Å². The van der Waals surface area contributed by atoms with Gasteiger partial charge in [0.05, 0.1) is 49.2 Å². The normalized spacial score (nSPS) is 8.72. The van der Waals surface area contributed by atoms with Crippen LogP contribution in [0.15, 0.2) is 367 Å². The molecule has 0 saturated heterocycles. The zero-order chi connectivity index (χ0) is 61.0. The first-order valence-corrected chi connectivity index (χ1v) is 26.3. The number of furan rings is 2. The maximum Gasteiger partial charge on any atom is 0.203 e.